The van der Waals surface area contributed by atoms with Gasteiger partial charge in [0.05, 0.1) is 12.8 Å². The van der Waals surface area contributed by atoms with Crippen molar-refractivity contribution >= 4 is 10.8 Å². The molecule has 4 unspecified atom stereocenters. The van der Waals surface area contributed by atoms with Crippen LogP contribution in [0, 0.1) is 5.92 Å². The quantitative estimate of drug-likeness (QED) is 0.406. The number of aromatic nitrogens is 2. The van der Waals surface area contributed by atoms with E-state index in [9.17, 15) is 0 Å². The highest BCUT2D eigenvalue weighted by molar-refractivity contribution is 5.86. The minimum absolute atomic E-state index is 0.563. The Kier molecular flexibility index (Phi) is 6.05. The lowest BCUT2D eigenvalue weighted by molar-refractivity contribution is 0.0282. The summed E-state index contributed by atoms with van der Waals surface area (Å²) in [6, 6.07) is 26.5. The zero-order chi connectivity index (χ0) is 23.8. The van der Waals surface area contributed by atoms with E-state index in [4.69, 9.17) is 9.84 Å². The number of nitrogens with one attached hydrogen (secondary N) is 1. The lowest BCUT2D eigenvalue weighted by Gasteiger charge is -2.50. The molecule has 1 aromatic heterocycles. The van der Waals surface area contributed by atoms with Gasteiger partial charge in [-0.05, 0) is 65.9 Å². The normalized spacial score (nSPS) is 23.6. The first-order chi connectivity index (χ1) is 17.2. The van der Waals surface area contributed by atoms with Gasteiger partial charge in [-0.15, -0.1) is 0 Å². The number of hydrogen-bond acceptors (Lipinski definition) is 4. The minimum Gasteiger partial charge on any atom is -0.497 e. The first-order valence-electron chi connectivity index (χ1n) is 12.8. The van der Waals surface area contributed by atoms with Crippen LogP contribution in [0.3, 0.4) is 0 Å². The second kappa shape index (κ2) is 9.48. The molecule has 0 radical (unpaired) electrons. The van der Waals surface area contributed by atoms with Crippen LogP contribution >= 0.6 is 0 Å². The lowest BCUT2D eigenvalue weighted by atomic mass is 9.74. The van der Waals surface area contributed by atoms with Crippen molar-refractivity contribution in [2.45, 2.75) is 31.3 Å². The monoisotopic (exact) mass is 466 g/mol. The van der Waals surface area contributed by atoms with Gasteiger partial charge < -0.3 is 10.1 Å². The Bertz CT molecular complexity index is 1310. The fourth-order valence-corrected chi connectivity index (χ4v) is 6.13. The number of methoxy groups -OCH3 is 1. The van der Waals surface area contributed by atoms with Crippen LogP contribution in [0.1, 0.15) is 30.0 Å². The molecule has 3 saturated heterocycles. The van der Waals surface area contributed by atoms with Gasteiger partial charge in [-0.3, -0.25) is 9.58 Å². The molecular weight excluding hydrogens is 432 g/mol. The van der Waals surface area contributed by atoms with Crippen LogP contribution in [-0.4, -0.2) is 47.5 Å². The number of rotatable bonds is 7. The molecule has 0 spiro atoms. The maximum atomic E-state index is 5.27. The van der Waals surface area contributed by atoms with Crippen molar-refractivity contribution in [2.24, 2.45) is 13.0 Å². The van der Waals surface area contributed by atoms with Crippen molar-refractivity contribution in [3.63, 3.8) is 0 Å². The fourth-order valence-electron chi connectivity index (χ4n) is 6.13. The molecule has 35 heavy (non-hydrogen) atoms. The van der Waals surface area contributed by atoms with Gasteiger partial charge in [0.25, 0.3) is 0 Å². The third kappa shape index (κ3) is 4.46. The largest absolute Gasteiger partial charge is 0.497 e. The van der Waals surface area contributed by atoms with Crippen molar-refractivity contribution in [3.05, 3.63) is 84.1 Å². The van der Waals surface area contributed by atoms with Crippen molar-refractivity contribution in [1.29, 1.82) is 0 Å². The Hall–Kier alpha value is -3.15. The summed E-state index contributed by atoms with van der Waals surface area (Å²) >= 11 is 0. The van der Waals surface area contributed by atoms with Gasteiger partial charge in [-0.2, -0.15) is 5.10 Å². The highest BCUT2D eigenvalue weighted by atomic mass is 16.5. The third-order valence-electron chi connectivity index (χ3n) is 8.09. The Morgan fingerprint density at radius 1 is 1.00 bits per heavy atom. The Morgan fingerprint density at radius 3 is 2.60 bits per heavy atom. The summed E-state index contributed by atoms with van der Waals surface area (Å²) in [4.78, 5) is 2.70. The van der Waals surface area contributed by atoms with Crippen LogP contribution in [-0.2, 0) is 13.6 Å². The molecule has 7 rings (SSSR count). The van der Waals surface area contributed by atoms with E-state index in [0.717, 1.165) is 37.0 Å². The topological polar surface area (TPSA) is 42.3 Å². The van der Waals surface area contributed by atoms with E-state index in [2.05, 4.69) is 82.6 Å². The number of ether oxygens (including phenoxy) is 1. The van der Waals surface area contributed by atoms with E-state index in [1.807, 2.05) is 12.1 Å². The van der Waals surface area contributed by atoms with Crippen LogP contribution in [0.5, 0.6) is 5.75 Å². The zero-order valence-corrected chi connectivity index (χ0v) is 20.7. The average Bonchev–Trinajstić information content (AvgIpc) is 3.30. The maximum Gasteiger partial charge on any atom is 0.118 e. The lowest BCUT2D eigenvalue weighted by Crippen LogP contribution is -2.55. The minimum atomic E-state index is 0.563. The Labute approximate surface area is 207 Å². The predicted molar refractivity (Wildman–Crippen MR) is 142 cm³/mol. The van der Waals surface area contributed by atoms with E-state index in [1.165, 1.54) is 47.0 Å². The molecule has 3 aromatic carbocycles. The van der Waals surface area contributed by atoms with E-state index in [0.29, 0.717) is 12.0 Å². The molecule has 0 amide bonds. The fraction of sp³-hybridized carbons (Fsp3) is 0.367. The molecule has 3 aliphatic rings. The summed E-state index contributed by atoms with van der Waals surface area (Å²) in [6.07, 6.45) is 2.55. The van der Waals surface area contributed by atoms with E-state index in [1.54, 1.807) is 7.11 Å². The molecule has 4 heterocycles. The number of fused-ring (bicyclic) bond motifs is 4. The van der Waals surface area contributed by atoms with Gasteiger partial charge in [-0.25, -0.2) is 0 Å². The Morgan fingerprint density at radius 2 is 1.83 bits per heavy atom. The average molecular weight is 467 g/mol. The van der Waals surface area contributed by atoms with Gasteiger partial charge in [-0.1, -0.05) is 48.5 Å². The molecule has 2 bridgehead atoms. The SMILES string of the molecule is COc1ccc(CNCC2CC3CCN2CC3c2cc(-c3ccc4ccccc4c3)nn2C)cc1. The number of nitrogens with zero attached hydrogens (tertiary/aromatic N) is 3. The van der Waals surface area contributed by atoms with Crippen molar-refractivity contribution < 1.29 is 4.74 Å². The summed E-state index contributed by atoms with van der Waals surface area (Å²) in [5, 5.41) is 11.2. The van der Waals surface area contributed by atoms with E-state index < -0.39 is 0 Å². The first kappa shape index (κ1) is 22.3. The van der Waals surface area contributed by atoms with Gasteiger partial charge in [0.1, 0.15) is 5.75 Å². The van der Waals surface area contributed by atoms with Crippen LogP contribution in [0.2, 0.25) is 0 Å². The molecule has 0 aliphatic carbocycles. The predicted octanol–water partition coefficient (Wildman–Crippen LogP) is 5.22. The van der Waals surface area contributed by atoms with E-state index in [-0.39, 0.29) is 0 Å². The number of piperidine rings is 3. The first-order valence-corrected chi connectivity index (χ1v) is 12.8. The zero-order valence-electron chi connectivity index (χ0n) is 20.7. The molecular formula is C30H34N4O. The third-order valence-corrected chi connectivity index (χ3v) is 8.09. The molecule has 3 fully saturated rings. The summed E-state index contributed by atoms with van der Waals surface area (Å²) in [7, 11) is 3.83. The van der Waals surface area contributed by atoms with Crippen molar-refractivity contribution in [1.82, 2.24) is 20.0 Å². The molecule has 5 heteroatoms. The van der Waals surface area contributed by atoms with Crippen molar-refractivity contribution in [3.8, 4) is 17.0 Å². The second-order valence-electron chi connectivity index (χ2n) is 10.2. The molecule has 1 N–H and O–H groups in total. The van der Waals surface area contributed by atoms with Crippen LogP contribution < -0.4 is 10.1 Å². The van der Waals surface area contributed by atoms with Crippen LogP contribution in [0.15, 0.2) is 72.8 Å². The van der Waals surface area contributed by atoms with Gasteiger partial charge in [0.2, 0.25) is 0 Å². The summed E-state index contributed by atoms with van der Waals surface area (Å²) in [5.41, 5.74) is 4.97. The standard InChI is InChI=1S/C30H34N4O/c1-33-30(17-29(32-33)25-10-9-22-5-3-4-6-23(22)15-25)28-20-34-14-13-24(28)16-26(34)19-31-18-21-7-11-27(35-2)12-8-21/h3-12,15,17,24,26,28,31H,13-14,16,18-20H2,1-2H3. The van der Waals surface area contributed by atoms with E-state index >= 15 is 0 Å². The number of hydrogen-bond donors (Lipinski definition) is 1. The highest BCUT2D eigenvalue weighted by Gasteiger charge is 2.41. The second-order valence-corrected chi connectivity index (χ2v) is 10.2. The van der Waals surface area contributed by atoms with Gasteiger partial charge >= 0.3 is 0 Å². The smallest absolute Gasteiger partial charge is 0.118 e. The van der Waals surface area contributed by atoms with Crippen LogP contribution in [0.4, 0.5) is 0 Å². The van der Waals surface area contributed by atoms with Gasteiger partial charge in [0, 0.05) is 49.9 Å². The molecule has 0 saturated carbocycles. The highest BCUT2D eigenvalue weighted by Crippen LogP contribution is 2.42. The Balaban J connectivity index is 1.12. The van der Waals surface area contributed by atoms with Crippen LogP contribution in [0.25, 0.3) is 22.0 Å². The molecule has 180 valence electrons. The number of benzene rings is 3. The summed E-state index contributed by atoms with van der Waals surface area (Å²) in [5.74, 6) is 2.20. The van der Waals surface area contributed by atoms with Gasteiger partial charge in [0.15, 0.2) is 0 Å². The molecule has 3 aliphatic heterocycles. The molecule has 5 nitrogen and oxygen atoms in total. The molecule has 4 atom stereocenters. The maximum absolute atomic E-state index is 5.27. The number of aryl methyl sites for hydroxylation is 1. The summed E-state index contributed by atoms with van der Waals surface area (Å²) < 4.78 is 7.40. The van der Waals surface area contributed by atoms with Crippen molar-refractivity contribution in [2.75, 3.05) is 26.7 Å². The molecule has 4 aromatic rings. The summed E-state index contributed by atoms with van der Waals surface area (Å²) in [6.45, 7) is 4.30.